The Hall–Kier alpha value is -1.97. The number of hydrogen-bond acceptors (Lipinski definition) is 2. The van der Waals surface area contributed by atoms with Crippen LogP contribution >= 0.6 is 0 Å². The fourth-order valence-corrected chi connectivity index (χ4v) is 3.14. The van der Waals surface area contributed by atoms with Crippen molar-refractivity contribution in [1.29, 1.82) is 0 Å². The van der Waals surface area contributed by atoms with Crippen LogP contribution in [0.2, 0.25) is 0 Å². The van der Waals surface area contributed by atoms with Crippen molar-refractivity contribution in [2.24, 2.45) is 5.92 Å². The van der Waals surface area contributed by atoms with Crippen LogP contribution in [-0.2, 0) is 0 Å². The normalized spacial score (nSPS) is 15.8. The summed E-state index contributed by atoms with van der Waals surface area (Å²) in [6, 6.07) is 7.53. The minimum atomic E-state index is 0.0617. The molecule has 4 nitrogen and oxygen atoms in total. The number of fused-ring (bicyclic) bond motifs is 1. The first-order valence-electron chi connectivity index (χ1n) is 7.27. The van der Waals surface area contributed by atoms with Gasteiger partial charge in [0.05, 0.1) is 0 Å². The Kier molecular flexibility index (Phi) is 3.38. The number of carbonyl (C=O) groups excluding carboxylic acids is 1. The molecule has 1 saturated carbocycles. The number of benzene rings is 1. The van der Waals surface area contributed by atoms with E-state index in [2.05, 4.69) is 4.98 Å². The highest BCUT2D eigenvalue weighted by atomic mass is 16.2. The highest BCUT2D eigenvalue weighted by molar-refractivity contribution is 5.98. The van der Waals surface area contributed by atoms with Crippen molar-refractivity contribution in [2.45, 2.75) is 25.7 Å². The number of nitrogen functional groups attached to an aromatic ring is 1. The van der Waals surface area contributed by atoms with Crippen molar-refractivity contribution in [3.63, 3.8) is 0 Å². The molecule has 3 rings (SSSR count). The standard InChI is InChI=1S/C16H21N3O/c1-19(10-11-4-2-3-5-11)16(20)15-9-12-8-13(17)6-7-14(12)18-15/h6-9,11,18H,2-5,10,17H2,1H3. The zero-order chi connectivity index (χ0) is 14.1. The molecule has 1 aromatic heterocycles. The van der Waals surface area contributed by atoms with Crippen molar-refractivity contribution < 1.29 is 4.79 Å². The number of rotatable bonds is 3. The maximum absolute atomic E-state index is 12.5. The smallest absolute Gasteiger partial charge is 0.270 e. The van der Waals surface area contributed by atoms with Crippen molar-refractivity contribution in [3.05, 3.63) is 30.0 Å². The number of nitrogens with two attached hydrogens (primary N) is 1. The molecular weight excluding hydrogens is 250 g/mol. The number of anilines is 1. The van der Waals surface area contributed by atoms with E-state index in [4.69, 9.17) is 5.73 Å². The minimum absolute atomic E-state index is 0.0617. The van der Waals surface area contributed by atoms with Crippen LogP contribution in [0.1, 0.15) is 36.2 Å². The topological polar surface area (TPSA) is 62.1 Å². The number of hydrogen-bond donors (Lipinski definition) is 2. The van der Waals surface area contributed by atoms with Crippen LogP contribution in [0.25, 0.3) is 10.9 Å². The van der Waals surface area contributed by atoms with Gasteiger partial charge in [0, 0.05) is 30.2 Å². The zero-order valence-corrected chi connectivity index (χ0v) is 11.9. The third kappa shape index (κ3) is 2.50. The second-order valence-electron chi connectivity index (χ2n) is 5.87. The molecule has 1 aliphatic carbocycles. The number of aromatic amines is 1. The number of aromatic nitrogens is 1. The highest BCUT2D eigenvalue weighted by Crippen LogP contribution is 2.26. The summed E-state index contributed by atoms with van der Waals surface area (Å²) in [4.78, 5) is 17.5. The minimum Gasteiger partial charge on any atom is -0.399 e. The molecule has 0 unspecified atom stereocenters. The van der Waals surface area contributed by atoms with Crippen LogP contribution in [0.15, 0.2) is 24.3 Å². The van der Waals surface area contributed by atoms with E-state index in [-0.39, 0.29) is 5.91 Å². The molecule has 4 heteroatoms. The monoisotopic (exact) mass is 271 g/mol. The van der Waals surface area contributed by atoms with Gasteiger partial charge in [0.2, 0.25) is 0 Å². The first-order valence-corrected chi connectivity index (χ1v) is 7.27. The quantitative estimate of drug-likeness (QED) is 0.843. The molecule has 0 spiro atoms. The third-order valence-corrected chi connectivity index (χ3v) is 4.23. The van der Waals surface area contributed by atoms with Crippen molar-refractivity contribution in [1.82, 2.24) is 9.88 Å². The molecule has 20 heavy (non-hydrogen) atoms. The van der Waals surface area contributed by atoms with Gasteiger partial charge in [0.15, 0.2) is 0 Å². The van der Waals surface area contributed by atoms with Crippen molar-refractivity contribution in [3.8, 4) is 0 Å². The van der Waals surface area contributed by atoms with E-state index in [0.29, 0.717) is 11.6 Å². The summed E-state index contributed by atoms with van der Waals surface area (Å²) in [5, 5.41) is 0.989. The molecule has 0 radical (unpaired) electrons. The largest absolute Gasteiger partial charge is 0.399 e. The number of nitrogens with one attached hydrogen (secondary N) is 1. The Morgan fingerprint density at radius 3 is 2.85 bits per heavy atom. The molecule has 0 aliphatic heterocycles. The number of carbonyl (C=O) groups is 1. The summed E-state index contributed by atoms with van der Waals surface area (Å²) in [5.74, 6) is 0.732. The maximum Gasteiger partial charge on any atom is 0.270 e. The van der Waals surface area contributed by atoms with Crippen molar-refractivity contribution in [2.75, 3.05) is 19.3 Å². The number of H-pyrrole nitrogens is 1. The fraction of sp³-hybridized carbons (Fsp3) is 0.438. The fourth-order valence-electron chi connectivity index (χ4n) is 3.14. The third-order valence-electron chi connectivity index (χ3n) is 4.23. The predicted molar refractivity (Wildman–Crippen MR) is 81.6 cm³/mol. The van der Waals surface area contributed by atoms with Gasteiger partial charge in [0.1, 0.15) is 5.69 Å². The first-order chi connectivity index (χ1) is 9.63. The van der Waals surface area contributed by atoms with E-state index in [1.165, 1.54) is 25.7 Å². The summed E-state index contributed by atoms with van der Waals surface area (Å²) >= 11 is 0. The lowest BCUT2D eigenvalue weighted by Crippen LogP contribution is -2.31. The van der Waals surface area contributed by atoms with Gasteiger partial charge in [-0.25, -0.2) is 0 Å². The average Bonchev–Trinajstić information content (AvgIpc) is 3.06. The highest BCUT2D eigenvalue weighted by Gasteiger charge is 2.21. The van der Waals surface area contributed by atoms with Crippen LogP contribution in [0.3, 0.4) is 0 Å². The zero-order valence-electron chi connectivity index (χ0n) is 11.9. The summed E-state index contributed by atoms with van der Waals surface area (Å²) < 4.78 is 0. The molecule has 2 aromatic rings. The first kappa shape index (κ1) is 13.0. The molecule has 0 saturated heterocycles. The summed E-state index contributed by atoms with van der Waals surface area (Å²) in [5.41, 5.74) is 8.09. The second-order valence-corrected chi connectivity index (χ2v) is 5.87. The Morgan fingerprint density at radius 1 is 1.35 bits per heavy atom. The lowest BCUT2D eigenvalue weighted by Gasteiger charge is -2.20. The summed E-state index contributed by atoms with van der Waals surface area (Å²) in [7, 11) is 1.89. The van der Waals surface area contributed by atoms with Crippen molar-refractivity contribution >= 4 is 22.5 Å². The van der Waals surface area contributed by atoms with Gasteiger partial charge >= 0.3 is 0 Å². The van der Waals surface area contributed by atoms with E-state index in [1.807, 2.05) is 36.2 Å². The molecular formula is C16H21N3O. The van der Waals surface area contributed by atoms with Gasteiger partial charge in [-0.05, 0) is 43.0 Å². The Balaban J connectivity index is 1.77. The Bertz CT molecular complexity index is 626. The van der Waals surface area contributed by atoms with Crippen LogP contribution in [0.4, 0.5) is 5.69 Å². The Labute approximate surface area is 118 Å². The molecule has 1 heterocycles. The summed E-state index contributed by atoms with van der Waals surface area (Å²) in [6.07, 6.45) is 5.11. The van der Waals surface area contributed by atoms with Crippen LogP contribution in [0, 0.1) is 5.92 Å². The SMILES string of the molecule is CN(CC1CCCC1)C(=O)c1cc2cc(N)ccc2[nH]1. The van der Waals surface area contributed by atoms with Gasteiger partial charge in [-0.15, -0.1) is 0 Å². The number of amides is 1. The van der Waals surface area contributed by atoms with E-state index >= 15 is 0 Å². The maximum atomic E-state index is 12.5. The van der Waals surface area contributed by atoms with Gasteiger partial charge < -0.3 is 15.6 Å². The summed E-state index contributed by atoms with van der Waals surface area (Å²) in [6.45, 7) is 0.857. The lowest BCUT2D eigenvalue weighted by molar-refractivity contribution is 0.0768. The molecule has 1 fully saturated rings. The van der Waals surface area contributed by atoms with Gasteiger partial charge in [-0.1, -0.05) is 12.8 Å². The van der Waals surface area contributed by atoms with Gasteiger partial charge in [-0.3, -0.25) is 4.79 Å². The molecule has 3 N–H and O–H groups in total. The molecule has 0 atom stereocenters. The molecule has 1 amide bonds. The molecule has 1 aromatic carbocycles. The van der Waals surface area contributed by atoms with E-state index in [0.717, 1.165) is 23.1 Å². The predicted octanol–water partition coefficient (Wildman–Crippen LogP) is 3.01. The molecule has 0 bridgehead atoms. The van der Waals surface area contributed by atoms with Crippen LogP contribution < -0.4 is 5.73 Å². The van der Waals surface area contributed by atoms with Crippen LogP contribution in [0.5, 0.6) is 0 Å². The Morgan fingerprint density at radius 2 is 2.10 bits per heavy atom. The number of nitrogens with zero attached hydrogens (tertiary/aromatic N) is 1. The second kappa shape index (κ2) is 5.19. The average molecular weight is 271 g/mol. The van der Waals surface area contributed by atoms with Crippen LogP contribution in [-0.4, -0.2) is 29.4 Å². The molecule has 106 valence electrons. The lowest BCUT2D eigenvalue weighted by atomic mass is 10.1. The van der Waals surface area contributed by atoms with E-state index in [9.17, 15) is 4.79 Å². The van der Waals surface area contributed by atoms with Gasteiger partial charge in [-0.2, -0.15) is 0 Å². The van der Waals surface area contributed by atoms with E-state index < -0.39 is 0 Å². The van der Waals surface area contributed by atoms with Gasteiger partial charge in [0.25, 0.3) is 5.91 Å². The molecule has 1 aliphatic rings. The van der Waals surface area contributed by atoms with E-state index in [1.54, 1.807) is 0 Å².